The van der Waals surface area contributed by atoms with Gasteiger partial charge >= 0.3 is 6.09 Å². The van der Waals surface area contributed by atoms with E-state index in [1.807, 2.05) is 11.0 Å². The summed E-state index contributed by atoms with van der Waals surface area (Å²) in [4.78, 5) is 26.7. The quantitative estimate of drug-likeness (QED) is 0.817. The highest BCUT2D eigenvalue weighted by Gasteiger charge is 2.37. The van der Waals surface area contributed by atoms with Gasteiger partial charge in [0.25, 0.3) is 0 Å². The van der Waals surface area contributed by atoms with Gasteiger partial charge in [0.2, 0.25) is 5.91 Å². The number of hydrogen-bond acceptors (Lipinski definition) is 3. The number of amides is 2. The molecule has 1 aromatic rings. The summed E-state index contributed by atoms with van der Waals surface area (Å²) >= 11 is 0. The molecule has 0 saturated carbocycles. The number of fused-ring (bicyclic) bond motifs is 2. The van der Waals surface area contributed by atoms with Crippen LogP contribution >= 0.6 is 0 Å². The maximum atomic E-state index is 13.8. The molecule has 2 aliphatic rings. The molecule has 1 aliphatic carbocycles. The summed E-state index contributed by atoms with van der Waals surface area (Å²) in [6.07, 6.45) is 1.71. The van der Waals surface area contributed by atoms with Gasteiger partial charge in [0, 0.05) is 6.54 Å². The summed E-state index contributed by atoms with van der Waals surface area (Å²) in [5, 5.41) is 2.58. The van der Waals surface area contributed by atoms with Crippen LogP contribution in [0, 0.1) is 11.7 Å². The summed E-state index contributed by atoms with van der Waals surface area (Å²) in [6, 6.07) is 4.95. The zero-order chi connectivity index (χ0) is 21.3. The Balaban J connectivity index is 1.76. The first-order valence-corrected chi connectivity index (χ1v) is 10.3. The molecule has 158 valence electrons. The fourth-order valence-electron chi connectivity index (χ4n) is 4.24. The molecule has 1 N–H and O–H groups in total. The second kappa shape index (κ2) is 8.17. The van der Waals surface area contributed by atoms with E-state index in [2.05, 4.69) is 19.2 Å². The van der Waals surface area contributed by atoms with Crippen LogP contribution in [0.3, 0.4) is 0 Å². The zero-order valence-corrected chi connectivity index (χ0v) is 18.0. The minimum absolute atomic E-state index is 0.0258. The standard InChI is InChI=1S/C23H31FN2O3/c1-14(2)10-20-19-11-15-6-7-16(24)12-18(15)17(19)8-9-26(20)21(27)13-25-22(28)29-23(3,4)5/h6-7,12,14,20H,8-11,13H2,1-5H3,(H,25,28). The van der Waals surface area contributed by atoms with Crippen molar-refractivity contribution >= 4 is 17.6 Å². The molecule has 6 heteroatoms. The van der Waals surface area contributed by atoms with E-state index in [9.17, 15) is 14.0 Å². The third-order valence-electron chi connectivity index (χ3n) is 5.34. The topological polar surface area (TPSA) is 58.6 Å². The zero-order valence-electron chi connectivity index (χ0n) is 18.0. The van der Waals surface area contributed by atoms with Gasteiger partial charge in [-0.15, -0.1) is 0 Å². The van der Waals surface area contributed by atoms with Gasteiger partial charge in [0.1, 0.15) is 18.0 Å². The molecule has 5 nitrogen and oxygen atoms in total. The lowest BCUT2D eigenvalue weighted by atomic mass is 9.87. The van der Waals surface area contributed by atoms with Crippen molar-refractivity contribution in [3.63, 3.8) is 0 Å². The first kappa shape index (κ1) is 21.3. The predicted octanol–water partition coefficient (Wildman–Crippen LogP) is 4.31. The van der Waals surface area contributed by atoms with E-state index in [0.29, 0.717) is 18.9 Å². The Morgan fingerprint density at radius 2 is 2.03 bits per heavy atom. The van der Waals surface area contributed by atoms with Gasteiger partial charge in [0.05, 0.1) is 6.04 Å². The summed E-state index contributed by atoms with van der Waals surface area (Å²) in [6.45, 7) is 10.1. The minimum atomic E-state index is -0.608. The lowest BCUT2D eigenvalue weighted by molar-refractivity contribution is -0.132. The van der Waals surface area contributed by atoms with Crippen molar-refractivity contribution in [2.24, 2.45) is 5.92 Å². The first-order valence-electron chi connectivity index (χ1n) is 10.3. The van der Waals surface area contributed by atoms with Gasteiger partial charge in [-0.2, -0.15) is 0 Å². The highest BCUT2D eigenvalue weighted by molar-refractivity contribution is 5.86. The third-order valence-corrected chi connectivity index (χ3v) is 5.34. The van der Waals surface area contributed by atoms with Crippen molar-refractivity contribution in [2.45, 2.75) is 65.5 Å². The van der Waals surface area contributed by atoms with E-state index in [1.54, 1.807) is 26.8 Å². The fourth-order valence-corrected chi connectivity index (χ4v) is 4.24. The highest BCUT2D eigenvalue weighted by Crippen LogP contribution is 2.42. The van der Waals surface area contributed by atoms with Crippen LogP contribution in [0.4, 0.5) is 9.18 Å². The number of hydrogen-bond donors (Lipinski definition) is 1. The van der Waals surface area contributed by atoms with E-state index >= 15 is 0 Å². The van der Waals surface area contributed by atoms with Crippen molar-refractivity contribution in [3.8, 4) is 0 Å². The van der Waals surface area contributed by atoms with Gasteiger partial charge < -0.3 is 15.0 Å². The van der Waals surface area contributed by atoms with Crippen LogP contribution in [-0.4, -0.2) is 41.6 Å². The van der Waals surface area contributed by atoms with Crippen molar-refractivity contribution in [2.75, 3.05) is 13.1 Å². The lowest BCUT2D eigenvalue weighted by Crippen LogP contribution is -2.49. The Morgan fingerprint density at radius 3 is 2.69 bits per heavy atom. The number of nitrogens with zero attached hydrogens (tertiary/aromatic N) is 1. The van der Waals surface area contributed by atoms with Gasteiger partial charge in [-0.05, 0) is 80.4 Å². The molecule has 29 heavy (non-hydrogen) atoms. The van der Waals surface area contributed by atoms with Crippen molar-refractivity contribution < 1.29 is 18.7 Å². The monoisotopic (exact) mass is 402 g/mol. The number of benzene rings is 1. The molecule has 1 unspecified atom stereocenters. The Bertz CT molecular complexity index is 839. The summed E-state index contributed by atoms with van der Waals surface area (Å²) in [5.74, 6) is 0.0644. The molecule has 3 rings (SSSR count). The maximum Gasteiger partial charge on any atom is 0.408 e. The van der Waals surface area contributed by atoms with E-state index in [4.69, 9.17) is 4.74 Å². The number of halogens is 1. The number of ether oxygens (including phenoxy) is 1. The first-order chi connectivity index (χ1) is 13.5. The van der Waals surface area contributed by atoms with Crippen molar-refractivity contribution in [1.82, 2.24) is 10.2 Å². The molecule has 1 atom stereocenters. The lowest BCUT2D eigenvalue weighted by Gasteiger charge is -2.38. The molecule has 0 aromatic heterocycles. The van der Waals surface area contributed by atoms with Crippen LogP contribution in [0.15, 0.2) is 23.8 Å². The molecular formula is C23H31FN2O3. The number of carbonyl (C=O) groups is 2. The summed E-state index contributed by atoms with van der Waals surface area (Å²) in [5.41, 5.74) is 3.92. The number of rotatable bonds is 4. The Kier molecular flexibility index (Phi) is 6.01. The SMILES string of the molecule is CC(C)CC1C2=C(CCN1C(=O)CNC(=O)OC(C)(C)C)c1cc(F)ccc1C2. The third kappa shape index (κ3) is 4.98. The van der Waals surface area contributed by atoms with E-state index in [-0.39, 0.29) is 24.3 Å². The van der Waals surface area contributed by atoms with E-state index in [1.165, 1.54) is 17.2 Å². The Labute approximate surface area is 172 Å². The second-order valence-corrected chi connectivity index (χ2v) is 9.32. The van der Waals surface area contributed by atoms with Gasteiger partial charge in [-0.25, -0.2) is 9.18 Å². The van der Waals surface area contributed by atoms with Crippen LogP contribution in [-0.2, 0) is 16.0 Å². The Morgan fingerprint density at radius 1 is 1.31 bits per heavy atom. The average Bonchev–Trinajstić information content (AvgIpc) is 2.96. The normalized spacial score (nSPS) is 18.6. The smallest absolute Gasteiger partial charge is 0.408 e. The van der Waals surface area contributed by atoms with Crippen LogP contribution in [0.2, 0.25) is 0 Å². The van der Waals surface area contributed by atoms with Crippen molar-refractivity contribution in [3.05, 3.63) is 40.7 Å². The van der Waals surface area contributed by atoms with E-state index in [0.717, 1.165) is 24.0 Å². The second-order valence-electron chi connectivity index (χ2n) is 9.32. The highest BCUT2D eigenvalue weighted by atomic mass is 19.1. The average molecular weight is 403 g/mol. The predicted molar refractivity (Wildman–Crippen MR) is 111 cm³/mol. The number of alkyl carbamates (subject to hydrolysis) is 1. The molecule has 0 bridgehead atoms. The van der Waals surface area contributed by atoms with Crippen LogP contribution in [0.5, 0.6) is 0 Å². The van der Waals surface area contributed by atoms with Crippen LogP contribution in [0.25, 0.3) is 5.57 Å². The molecule has 1 aliphatic heterocycles. The summed E-state index contributed by atoms with van der Waals surface area (Å²) in [7, 11) is 0. The molecule has 2 amide bonds. The van der Waals surface area contributed by atoms with Gasteiger partial charge in [-0.3, -0.25) is 4.79 Å². The van der Waals surface area contributed by atoms with Crippen molar-refractivity contribution in [1.29, 1.82) is 0 Å². The maximum absolute atomic E-state index is 13.8. The minimum Gasteiger partial charge on any atom is -0.444 e. The van der Waals surface area contributed by atoms with Crippen LogP contribution in [0.1, 0.15) is 58.6 Å². The van der Waals surface area contributed by atoms with Crippen LogP contribution < -0.4 is 5.32 Å². The molecule has 0 fully saturated rings. The molecule has 1 heterocycles. The van der Waals surface area contributed by atoms with E-state index < -0.39 is 11.7 Å². The molecule has 0 saturated heterocycles. The molecule has 0 spiro atoms. The Hall–Kier alpha value is -2.37. The van der Waals surface area contributed by atoms with Gasteiger partial charge in [0.15, 0.2) is 0 Å². The fraction of sp³-hybridized carbons (Fsp3) is 0.565. The number of nitrogens with one attached hydrogen (secondary N) is 1. The molecular weight excluding hydrogens is 371 g/mol. The largest absolute Gasteiger partial charge is 0.444 e. The number of carbonyl (C=O) groups excluding carboxylic acids is 2. The summed E-state index contributed by atoms with van der Waals surface area (Å²) < 4.78 is 19.0. The molecule has 1 aromatic carbocycles. The van der Waals surface area contributed by atoms with Gasteiger partial charge in [-0.1, -0.05) is 19.9 Å². The molecule has 0 radical (unpaired) electrons.